The zero-order valence-corrected chi connectivity index (χ0v) is 19.6. The van der Waals surface area contributed by atoms with Crippen LogP contribution < -0.4 is 21.1 Å². The summed E-state index contributed by atoms with van der Waals surface area (Å²) in [7, 11) is 0. The lowest BCUT2D eigenvalue weighted by molar-refractivity contribution is -0.113. The van der Waals surface area contributed by atoms with Crippen molar-refractivity contribution in [3.05, 3.63) is 64.2 Å². The van der Waals surface area contributed by atoms with Crippen molar-refractivity contribution in [2.75, 3.05) is 35.6 Å². The number of pyridine rings is 1. The van der Waals surface area contributed by atoms with Crippen molar-refractivity contribution < 1.29 is 18.7 Å². The Bertz CT molecular complexity index is 1420. The van der Waals surface area contributed by atoms with Crippen LogP contribution in [0.15, 0.2) is 52.2 Å². The first-order valence-corrected chi connectivity index (χ1v) is 12.5. The summed E-state index contributed by atoms with van der Waals surface area (Å²) in [5.74, 6) is 0.0724. The van der Waals surface area contributed by atoms with Crippen LogP contribution in [-0.2, 0) is 22.5 Å². The van der Waals surface area contributed by atoms with E-state index in [-0.39, 0.29) is 29.3 Å². The van der Waals surface area contributed by atoms with Crippen molar-refractivity contribution in [1.82, 2.24) is 9.88 Å². The number of ether oxygens (including phenoxy) is 1. The number of aromatic nitrogens is 1. The highest BCUT2D eigenvalue weighted by Gasteiger charge is 2.33. The molecule has 0 spiro atoms. The molecular formula is C25H23FN4O4S. The molecule has 6 rings (SSSR count). The predicted molar refractivity (Wildman–Crippen MR) is 132 cm³/mol. The maximum absolute atomic E-state index is 14.6. The minimum absolute atomic E-state index is 0.0395. The van der Waals surface area contributed by atoms with Crippen LogP contribution in [0.4, 0.5) is 20.6 Å². The summed E-state index contributed by atoms with van der Waals surface area (Å²) in [4.78, 5) is 39.2. The Balaban J connectivity index is 1.09. The topological polar surface area (TPSA) is 92.7 Å². The van der Waals surface area contributed by atoms with Gasteiger partial charge in [0.05, 0.1) is 23.5 Å². The van der Waals surface area contributed by atoms with E-state index in [0.717, 1.165) is 10.3 Å². The van der Waals surface area contributed by atoms with Gasteiger partial charge in [-0.1, -0.05) is 0 Å². The number of nitrogens with one attached hydrogen (secondary N) is 2. The van der Waals surface area contributed by atoms with Gasteiger partial charge in [0.25, 0.3) is 5.56 Å². The normalized spacial score (nSPS) is 21.1. The molecule has 8 nitrogen and oxygen atoms in total. The minimum Gasteiger partial charge on any atom is -0.443 e. The SMILES string of the molecule is O=C1CSc2ccc(N3C[C@@H](CNC[C@H]4Cc5c(F)ccc6ccc(=O)n(c56)C4)OC3=O)cc2N1. The van der Waals surface area contributed by atoms with Crippen molar-refractivity contribution in [1.29, 1.82) is 0 Å². The highest BCUT2D eigenvalue weighted by Crippen LogP contribution is 2.35. The number of hydrogen-bond acceptors (Lipinski definition) is 6. The lowest BCUT2D eigenvalue weighted by Gasteiger charge is -2.27. The molecule has 2 atom stereocenters. The fraction of sp³-hybridized carbons (Fsp3) is 0.320. The third kappa shape index (κ3) is 4.06. The van der Waals surface area contributed by atoms with E-state index in [1.807, 2.05) is 12.1 Å². The van der Waals surface area contributed by atoms with Crippen molar-refractivity contribution in [3.63, 3.8) is 0 Å². The van der Waals surface area contributed by atoms with Gasteiger partial charge in [-0.3, -0.25) is 14.5 Å². The Labute approximate surface area is 204 Å². The molecule has 10 heteroatoms. The molecule has 3 aliphatic heterocycles. The first kappa shape index (κ1) is 22.1. The molecule has 2 amide bonds. The fourth-order valence-electron chi connectivity index (χ4n) is 5.09. The number of nitrogens with zero attached hydrogens (tertiary/aromatic N) is 2. The molecule has 1 saturated heterocycles. The highest BCUT2D eigenvalue weighted by atomic mass is 32.2. The van der Waals surface area contributed by atoms with E-state index in [1.165, 1.54) is 23.9 Å². The van der Waals surface area contributed by atoms with Gasteiger partial charge in [-0.25, -0.2) is 9.18 Å². The summed E-state index contributed by atoms with van der Waals surface area (Å²) >= 11 is 1.47. The number of rotatable bonds is 5. The molecule has 0 radical (unpaired) electrons. The molecule has 3 aliphatic rings. The third-order valence-corrected chi connectivity index (χ3v) is 7.79. The van der Waals surface area contributed by atoms with Crippen molar-refractivity contribution in [2.24, 2.45) is 5.92 Å². The van der Waals surface area contributed by atoms with Crippen LogP contribution in [0.5, 0.6) is 0 Å². The second-order valence-corrected chi connectivity index (χ2v) is 10.1. The van der Waals surface area contributed by atoms with Crippen LogP contribution in [0.25, 0.3) is 10.9 Å². The first-order chi connectivity index (χ1) is 17.0. The van der Waals surface area contributed by atoms with E-state index in [1.54, 1.807) is 27.7 Å². The van der Waals surface area contributed by atoms with Crippen LogP contribution in [0.3, 0.4) is 0 Å². The number of carbonyl (C=O) groups is 2. The third-order valence-electron chi connectivity index (χ3n) is 6.72. The van der Waals surface area contributed by atoms with Crippen LogP contribution in [-0.4, -0.2) is 48.1 Å². The van der Waals surface area contributed by atoms with E-state index in [2.05, 4.69) is 10.6 Å². The zero-order valence-electron chi connectivity index (χ0n) is 18.8. The van der Waals surface area contributed by atoms with Gasteiger partial charge in [0.1, 0.15) is 11.9 Å². The number of fused-ring (bicyclic) bond motifs is 1. The highest BCUT2D eigenvalue weighted by molar-refractivity contribution is 8.00. The van der Waals surface area contributed by atoms with E-state index in [9.17, 15) is 18.8 Å². The van der Waals surface area contributed by atoms with Crippen molar-refractivity contribution >= 4 is 46.0 Å². The maximum atomic E-state index is 14.6. The predicted octanol–water partition coefficient (Wildman–Crippen LogP) is 2.97. The molecular weight excluding hydrogens is 471 g/mol. The van der Waals surface area contributed by atoms with Crippen molar-refractivity contribution in [2.45, 2.75) is 24.0 Å². The average Bonchev–Trinajstić information content (AvgIpc) is 3.22. The molecule has 2 N–H and O–H groups in total. The number of hydrogen-bond donors (Lipinski definition) is 2. The molecule has 2 aromatic carbocycles. The smallest absolute Gasteiger partial charge is 0.414 e. The van der Waals surface area contributed by atoms with Gasteiger partial charge in [0.2, 0.25) is 5.91 Å². The average molecular weight is 495 g/mol. The Morgan fingerprint density at radius 3 is 2.83 bits per heavy atom. The molecule has 3 aromatic rings. The summed E-state index contributed by atoms with van der Waals surface area (Å²) < 4.78 is 21.8. The number of cyclic esters (lactones) is 1. The van der Waals surface area contributed by atoms with E-state index >= 15 is 0 Å². The zero-order chi connectivity index (χ0) is 24.1. The Kier molecular flexibility index (Phi) is 5.49. The monoisotopic (exact) mass is 494 g/mol. The molecule has 1 aromatic heterocycles. The number of halogens is 1. The Morgan fingerprint density at radius 2 is 1.94 bits per heavy atom. The minimum atomic E-state index is -0.432. The van der Waals surface area contributed by atoms with E-state index in [0.29, 0.717) is 60.8 Å². The van der Waals surface area contributed by atoms with Crippen molar-refractivity contribution in [3.8, 4) is 0 Å². The number of thioether (sulfide) groups is 1. The Hall–Kier alpha value is -3.37. The molecule has 0 bridgehead atoms. The summed E-state index contributed by atoms with van der Waals surface area (Å²) in [6, 6.07) is 12.0. The van der Waals surface area contributed by atoms with Gasteiger partial charge < -0.3 is 19.9 Å². The summed E-state index contributed by atoms with van der Waals surface area (Å²) in [5, 5.41) is 7.05. The molecule has 1 fully saturated rings. The van der Waals surface area contributed by atoms with Crippen LogP contribution in [0.1, 0.15) is 5.56 Å². The van der Waals surface area contributed by atoms with Gasteiger partial charge in [-0.15, -0.1) is 11.8 Å². The van der Waals surface area contributed by atoms with Crippen LogP contribution >= 0.6 is 11.8 Å². The van der Waals surface area contributed by atoms with Gasteiger partial charge in [-0.2, -0.15) is 0 Å². The van der Waals surface area contributed by atoms with Gasteiger partial charge in [-0.05, 0) is 54.1 Å². The molecule has 0 saturated carbocycles. The fourth-order valence-corrected chi connectivity index (χ4v) is 5.88. The molecule has 35 heavy (non-hydrogen) atoms. The first-order valence-electron chi connectivity index (χ1n) is 11.5. The summed E-state index contributed by atoms with van der Waals surface area (Å²) in [5.41, 5.74) is 2.51. The van der Waals surface area contributed by atoms with E-state index < -0.39 is 6.09 Å². The van der Waals surface area contributed by atoms with Gasteiger partial charge in [0, 0.05) is 41.8 Å². The number of carbonyl (C=O) groups excluding carboxylic acids is 2. The second-order valence-electron chi connectivity index (χ2n) is 9.11. The number of amides is 2. The molecule has 4 heterocycles. The lowest BCUT2D eigenvalue weighted by atomic mass is 9.92. The lowest BCUT2D eigenvalue weighted by Crippen LogP contribution is -2.38. The standard InChI is InChI=1S/C25H23FN4O4S/c26-19-4-1-15-2-6-23(32)30-11-14(7-18(19)24(15)30)9-27-10-17-12-29(25(33)34-17)16-3-5-21-20(8-16)28-22(31)13-35-21/h1-6,8,14,17,27H,7,9-13H2,(H,28,31)/t14-,17-/m1/s1. The largest absolute Gasteiger partial charge is 0.443 e. The molecule has 0 aliphatic carbocycles. The maximum Gasteiger partial charge on any atom is 0.414 e. The van der Waals surface area contributed by atoms with Crippen LogP contribution in [0, 0.1) is 11.7 Å². The second kappa shape index (κ2) is 8.69. The van der Waals surface area contributed by atoms with Gasteiger partial charge in [0.15, 0.2) is 0 Å². The number of anilines is 2. The molecule has 180 valence electrons. The Morgan fingerprint density at radius 1 is 1.09 bits per heavy atom. The summed E-state index contributed by atoms with van der Waals surface area (Å²) in [6.45, 7) is 1.90. The van der Waals surface area contributed by atoms with Gasteiger partial charge >= 0.3 is 6.09 Å². The van der Waals surface area contributed by atoms with Crippen LogP contribution in [0.2, 0.25) is 0 Å². The quantitative estimate of drug-likeness (QED) is 0.567. The van der Waals surface area contributed by atoms with E-state index in [4.69, 9.17) is 4.74 Å². The summed E-state index contributed by atoms with van der Waals surface area (Å²) in [6.07, 6.45) is -0.241. The molecule has 0 unspecified atom stereocenters. The number of benzene rings is 2.